The van der Waals surface area contributed by atoms with Crippen LogP contribution in [-0.2, 0) is 52.2 Å². The van der Waals surface area contributed by atoms with Crippen LogP contribution in [0.3, 0.4) is 0 Å². The van der Waals surface area contributed by atoms with E-state index in [1.165, 1.54) is 32.0 Å². The van der Waals surface area contributed by atoms with E-state index in [1.807, 2.05) is 48.5 Å². The van der Waals surface area contributed by atoms with Gasteiger partial charge in [-0.1, -0.05) is 76.0 Å². The zero-order valence-electron chi connectivity index (χ0n) is 30.1. The molecule has 0 radical (unpaired) electrons. The molecule has 8 rings (SSSR count). The van der Waals surface area contributed by atoms with Crippen molar-refractivity contribution in [2.45, 2.75) is 38.1 Å². The Morgan fingerprint density at radius 2 is 1.26 bits per heavy atom. The van der Waals surface area contributed by atoms with Crippen LogP contribution < -0.4 is 11.1 Å². The third-order valence-electron chi connectivity index (χ3n) is 8.14. The number of hydrogen-bond donors (Lipinski definition) is 1. The number of H-pyrrole nitrogens is 1. The van der Waals surface area contributed by atoms with E-state index in [0.29, 0.717) is 40.4 Å². The van der Waals surface area contributed by atoms with Crippen LogP contribution in [0, 0.1) is 13.1 Å². The summed E-state index contributed by atoms with van der Waals surface area (Å²) in [5.41, 5.74) is 2.80. The minimum atomic E-state index is -0.296. The molecule has 6 heterocycles. The first-order valence-electron chi connectivity index (χ1n) is 16.8. The van der Waals surface area contributed by atoms with Crippen molar-refractivity contribution in [2.75, 3.05) is 0 Å². The average Bonchev–Trinajstić information content (AvgIpc) is 4.04. The van der Waals surface area contributed by atoms with Gasteiger partial charge in [-0.25, -0.2) is 15.1 Å². The molecule has 0 amide bonds. The predicted molar refractivity (Wildman–Crippen MR) is 209 cm³/mol. The van der Waals surface area contributed by atoms with Crippen molar-refractivity contribution in [3.05, 3.63) is 149 Å². The van der Waals surface area contributed by atoms with Crippen LogP contribution >= 0.6 is 34.8 Å². The lowest BCUT2D eigenvalue weighted by Crippen LogP contribution is -2.20. The molecular formula is C36H29Cl3N14O4. The van der Waals surface area contributed by atoms with Gasteiger partial charge in [0.05, 0.1) is 12.7 Å². The second-order valence-electron chi connectivity index (χ2n) is 12.1. The van der Waals surface area contributed by atoms with Gasteiger partial charge in [0, 0.05) is 37.0 Å². The topological polar surface area (TPSA) is 203 Å². The highest BCUT2D eigenvalue weighted by Crippen LogP contribution is 2.21. The number of aromatic amines is 1. The molecule has 1 N–H and O–H groups in total. The van der Waals surface area contributed by atoms with Gasteiger partial charge in [0.2, 0.25) is 11.8 Å². The molecule has 0 atom stereocenters. The zero-order chi connectivity index (χ0) is 40.5. The standard InChI is InChI=1S/C18H14ClN7O2.C11H10Cl2N2O.C7H5N5O/c1-20-17-15-16(18(27)25(2)10-21-15)26(23-17)9-14-22-13(24-28-14)8-5-11-3-6-12(19)7-4-11;12-7-11-14-10(15-16-11)6-3-8-1-4-9(13)5-2-8;1-8-6-4-5(10-11-6)7(13)12(2)3-9-4/h3-4,6-7,10H,5,8-9H2,2H3;1-2,4-5H,3,6-7H2;3H,2H3,(H,10,11). The molecule has 0 aliphatic heterocycles. The Morgan fingerprint density at radius 3 is 1.81 bits per heavy atom. The third-order valence-corrected chi connectivity index (χ3v) is 8.87. The number of benzene rings is 2. The van der Waals surface area contributed by atoms with Gasteiger partial charge in [-0.15, -0.1) is 11.6 Å². The van der Waals surface area contributed by atoms with Crippen LogP contribution in [0.2, 0.25) is 10.0 Å². The van der Waals surface area contributed by atoms with Crippen molar-refractivity contribution in [1.29, 1.82) is 0 Å². The summed E-state index contributed by atoms with van der Waals surface area (Å²) in [6, 6.07) is 15.3. The quantitative estimate of drug-likeness (QED) is 0.131. The van der Waals surface area contributed by atoms with Crippen LogP contribution in [0.4, 0.5) is 11.6 Å². The molecule has 0 fully saturated rings. The van der Waals surface area contributed by atoms with Crippen LogP contribution in [0.5, 0.6) is 0 Å². The lowest BCUT2D eigenvalue weighted by molar-refractivity contribution is 0.363. The Balaban J connectivity index is 0.000000160. The molecule has 0 aliphatic carbocycles. The lowest BCUT2D eigenvalue weighted by atomic mass is 10.1. The number of aromatic nitrogens is 12. The van der Waals surface area contributed by atoms with E-state index in [-0.39, 0.29) is 51.7 Å². The number of nitrogens with zero attached hydrogens (tertiary/aromatic N) is 13. The first-order valence-corrected chi connectivity index (χ1v) is 18.1. The number of hydrogen-bond acceptors (Lipinski definition) is 12. The van der Waals surface area contributed by atoms with E-state index in [9.17, 15) is 9.59 Å². The fraction of sp³-hybridized carbons (Fsp3) is 0.222. The predicted octanol–water partition coefficient (Wildman–Crippen LogP) is 6.01. The summed E-state index contributed by atoms with van der Waals surface area (Å²) >= 11 is 17.2. The van der Waals surface area contributed by atoms with Gasteiger partial charge in [0.25, 0.3) is 16.9 Å². The minimum Gasteiger partial charge on any atom is -0.360 e. The monoisotopic (exact) mass is 826 g/mol. The Kier molecular flexibility index (Phi) is 12.8. The third kappa shape index (κ3) is 9.75. The highest BCUT2D eigenvalue weighted by atomic mass is 35.5. The first-order chi connectivity index (χ1) is 27.6. The zero-order valence-corrected chi connectivity index (χ0v) is 32.4. The Morgan fingerprint density at radius 1 is 0.719 bits per heavy atom. The molecule has 57 heavy (non-hydrogen) atoms. The molecule has 0 unspecified atom stereocenters. The Labute approximate surface area is 337 Å². The van der Waals surface area contributed by atoms with E-state index in [1.54, 1.807) is 14.1 Å². The van der Waals surface area contributed by atoms with Crippen LogP contribution in [0.15, 0.2) is 79.8 Å². The van der Waals surface area contributed by atoms with Gasteiger partial charge < -0.3 is 27.9 Å². The van der Waals surface area contributed by atoms with Crippen molar-refractivity contribution in [1.82, 2.24) is 59.4 Å². The van der Waals surface area contributed by atoms with Gasteiger partial charge in [0.1, 0.15) is 23.5 Å². The molecule has 0 spiro atoms. The first kappa shape index (κ1) is 39.9. The molecule has 0 bridgehead atoms. The van der Waals surface area contributed by atoms with Crippen LogP contribution in [-0.4, -0.2) is 59.4 Å². The van der Waals surface area contributed by atoms with Crippen LogP contribution in [0.1, 0.15) is 34.6 Å². The summed E-state index contributed by atoms with van der Waals surface area (Å²) in [5, 5.41) is 19.6. The van der Waals surface area contributed by atoms with Crippen molar-refractivity contribution in [3.63, 3.8) is 0 Å². The maximum absolute atomic E-state index is 12.4. The van der Waals surface area contributed by atoms with E-state index in [2.05, 4.69) is 55.2 Å². The Bertz CT molecular complexity index is 2840. The molecule has 288 valence electrons. The summed E-state index contributed by atoms with van der Waals surface area (Å²) in [6.45, 7) is 14.1. The van der Waals surface area contributed by atoms with Crippen LogP contribution in [0.25, 0.3) is 31.8 Å². The summed E-state index contributed by atoms with van der Waals surface area (Å²) in [4.78, 5) is 46.9. The second-order valence-corrected chi connectivity index (χ2v) is 13.2. The summed E-state index contributed by atoms with van der Waals surface area (Å²) in [5.74, 6) is 2.53. The van der Waals surface area contributed by atoms with Gasteiger partial charge in [-0.3, -0.25) is 9.59 Å². The fourth-order valence-electron chi connectivity index (χ4n) is 5.21. The molecular weight excluding hydrogens is 799 g/mol. The van der Waals surface area contributed by atoms with E-state index < -0.39 is 0 Å². The number of nitrogens with one attached hydrogen (secondary N) is 1. The molecule has 6 aromatic heterocycles. The van der Waals surface area contributed by atoms with Gasteiger partial charge >= 0.3 is 5.82 Å². The number of alkyl halides is 1. The molecule has 21 heteroatoms. The summed E-state index contributed by atoms with van der Waals surface area (Å²) in [7, 11) is 3.17. The van der Waals surface area contributed by atoms with E-state index >= 15 is 0 Å². The van der Waals surface area contributed by atoms with Crippen molar-refractivity contribution in [3.8, 4) is 0 Å². The summed E-state index contributed by atoms with van der Waals surface area (Å²) < 4.78 is 14.2. The van der Waals surface area contributed by atoms with Gasteiger partial charge in [-0.2, -0.15) is 14.6 Å². The van der Waals surface area contributed by atoms with E-state index in [4.69, 9.17) is 57.0 Å². The minimum absolute atomic E-state index is 0.0650. The van der Waals surface area contributed by atoms with Gasteiger partial charge in [0.15, 0.2) is 22.7 Å². The normalized spacial score (nSPS) is 10.7. The fourth-order valence-corrected chi connectivity index (χ4v) is 5.57. The molecule has 8 aromatic rings. The number of rotatable bonds is 9. The highest BCUT2D eigenvalue weighted by molar-refractivity contribution is 6.30. The van der Waals surface area contributed by atoms with Crippen molar-refractivity contribution < 1.29 is 9.05 Å². The highest BCUT2D eigenvalue weighted by Gasteiger charge is 2.20. The average molecular weight is 828 g/mol. The van der Waals surface area contributed by atoms with Gasteiger partial charge in [-0.05, 0) is 53.3 Å². The Hall–Kier alpha value is -6.73. The molecule has 2 aromatic carbocycles. The SMILES string of the molecule is ClCc1nc(CCc2ccc(Cl)cc2)no1.[C-]#[N+]c1[nH]nc2c(=O)n(C)cnc12.[C-]#[N+]c1nn(Cc2nc(CCc3ccc(Cl)cc3)no2)c2c(=O)n(C)cnc12. The maximum atomic E-state index is 12.4. The van der Waals surface area contributed by atoms with Crippen molar-refractivity contribution in [2.24, 2.45) is 14.1 Å². The lowest BCUT2D eigenvalue weighted by Gasteiger charge is -1.98. The van der Waals surface area contributed by atoms with E-state index in [0.717, 1.165) is 29.8 Å². The second kappa shape index (κ2) is 18.3. The molecule has 0 saturated carbocycles. The summed E-state index contributed by atoms with van der Waals surface area (Å²) in [6.07, 6.45) is 5.68. The molecule has 0 aliphatic rings. The molecule has 18 nitrogen and oxygen atoms in total. The number of fused-ring (bicyclic) bond motifs is 2. The largest absolute Gasteiger partial charge is 0.360 e. The number of halogens is 3. The smallest absolute Gasteiger partial charge is 0.321 e. The number of aryl methyl sites for hydroxylation is 6. The maximum Gasteiger partial charge on any atom is 0.321 e. The molecule has 0 saturated heterocycles. The van der Waals surface area contributed by atoms with Crippen molar-refractivity contribution >= 4 is 68.5 Å².